The van der Waals surface area contributed by atoms with Gasteiger partial charge in [-0.2, -0.15) is 5.26 Å². The molecule has 1 saturated heterocycles. The summed E-state index contributed by atoms with van der Waals surface area (Å²) in [4.78, 5) is 2.34. The number of nitriles is 1. The van der Waals surface area contributed by atoms with E-state index in [1.807, 2.05) is 18.2 Å². The van der Waals surface area contributed by atoms with Crippen molar-refractivity contribution in [2.75, 3.05) is 11.4 Å². The molecule has 1 unspecified atom stereocenters. The molecule has 2 aromatic rings. The van der Waals surface area contributed by atoms with Gasteiger partial charge in [0.1, 0.15) is 5.01 Å². The normalized spacial score (nSPS) is 18.5. The zero-order valence-electron chi connectivity index (χ0n) is 13.2. The fraction of sp³-hybridized carbons (Fsp3) is 0.471. The van der Waals surface area contributed by atoms with Gasteiger partial charge < -0.3 is 4.90 Å². The summed E-state index contributed by atoms with van der Waals surface area (Å²) in [5.74, 6) is 0. The highest BCUT2D eigenvalue weighted by Gasteiger charge is 2.30. The molecule has 0 aliphatic carbocycles. The van der Waals surface area contributed by atoms with Crippen LogP contribution in [0.5, 0.6) is 0 Å². The van der Waals surface area contributed by atoms with Crippen LogP contribution in [0.1, 0.15) is 55.8 Å². The van der Waals surface area contributed by atoms with Gasteiger partial charge in [0.25, 0.3) is 0 Å². The van der Waals surface area contributed by atoms with Crippen molar-refractivity contribution in [1.29, 1.82) is 5.26 Å². The second-order valence-corrected chi connectivity index (χ2v) is 7.68. The minimum atomic E-state index is 0.0336. The Hall–Kier alpha value is -1.93. The predicted molar refractivity (Wildman–Crippen MR) is 89.1 cm³/mol. The van der Waals surface area contributed by atoms with Gasteiger partial charge in [-0.15, -0.1) is 10.2 Å². The second-order valence-electron chi connectivity index (χ2n) is 6.73. The van der Waals surface area contributed by atoms with Gasteiger partial charge in [-0.3, -0.25) is 0 Å². The Labute approximate surface area is 135 Å². The highest BCUT2D eigenvalue weighted by molar-refractivity contribution is 7.15. The maximum atomic E-state index is 9.10. The number of hydrogen-bond acceptors (Lipinski definition) is 5. The van der Waals surface area contributed by atoms with Crippen molar-refractivity contribution in [1.82, 2.24) is 10.2 Å². The number of rotatable bonds is 2. The molecule has 1 aliphatic heterocycles. The molecule has 1 fully saturated rings. The van der Waals surface area contributed by atoms with Crippen molar-refractivity contribution in [2.45, 2.75) is 45.1 Å². The van der Waals surface area contributed by atoms with Gasteiger partial charge in [0, 0.05) is 12.0 Å². The van der Waals surface area contributed by atoms with Crippen molar-refractivity contribution in [3.8, 4) is 6.07 Å². The molecule has 5 heteroatoms. The van der Waals surface area contributed by atoms with Crippen LogP contribution in [0.4, 0.5) is 5.13 Å². The van der Waals surface area contributed by atoms with E-state index < -0.39 is 0 Å². The maximum absolute atomic E-state index is 9.10. The van der Waals surface area contributed by atoms with E-state index in [4.69, 9.17) is 5.26 Å². The molecule has 0 spiro atoms. The molecule has 0 N–H and O–H groups in total. The number of nitrogens with zero attached hydrogens (tertiary/aromatic N) is 4. The van der Waals surface area contributed by atoms with Crippen LogP contribution >= 0.6 is 11.3 Å². The lowest BCUT2D eigenvalue weighted by Gasteiger charge is -2.24. The van der Waals surface area contributed by atoms with E-state index >= 15 is 0 Å². The van der Waals surface area contributed by atoms with E-state index in [-0.39, 0.29) is 5.41 Å². The zero-order chi connectivity index (χ0) is 15.7. The first kappa shape index (κ1) is 15.0. The Morgan fingerprint density at radius 3 is 2.82 bits per heavy atom. The highest BCUT2D eigenvalue weighted by Crippen LogP contribution is 2.39. The predicted octanol–water partition coefficient (Wildman–Crippen LogP) is 4.05. The summed E-state index contributed by atoms with van der Waals surface area (Å²) in [6.45, 7) is 7.49. The van der Waals surface area contributed by atoms with Crippen LogP contribution in [0.2, 0.25) is 0 Å². The largest absolute Gasteiger partial charge is 0.340 e. The lowest BCUT2D eigenvalue weighted by atomic mass is 9.98. The summed E-state index contributed by atoms with van der Waals surface area (Å²) in [7, 11) is 0. The average molecular weight is 312 g/mol. The summed E-state index contributed by atoms with van der Waals surface area (Å²) in [5, 5.41) is 19.9. The lowest BCUT2D eigenvalue weighted by molar-refractivity contribution is 0.578. The minimum absolute atomic E-state index is 0.0336. The van der Waals surface area contributed by atoms with Gasteiger partial charge in [-0.25, -0.2) is 0 Å². The molecule has 0 bridgehead atoms. The molecule has 114 valence electrons. The van der Waals surface area contributed by atoms with Crippen LogP contribution in [0.25, 0.3) is 0 Å². The fourth-order valence-electron chi connectivity index (χ4n) is 2.79. The second kappa shape index (κ2) is 5.69. The van der Waals surface area contributed by atoms with Crippen LogP contribution in [0, 0.1) is 11.3 Å². The van der Waals surface area contributed by atoms with Crippen molar-refractivity contribution in [2.24, 2.45) is 0 Å². The first-order valence-electron chi connectivity index (χ1n) is 7.60. The van der Waals surface area contributed by atoms with E-state index in [1.165, 1.54) is 5.56 Å². The van der Waals surface area contributed by atoms with Crippen molar-refractivity contribution in [3.63, 3.8) is 0 Å². The Balaban J connectivity index is 1.90. The lowest BCUT2D eigenvalue weighted by Crippen LogP contribution is -2.22. The topological polar surface area (TPSA) is 52.8 Å². The number of aromatic nitrogens is 2. The molecule has 0 amide bonds. The molecule has 1 aromatic carbocycles. The average Bonchev–Trinajstić information content (AvgIpc) is 3.15. The molecular weight excluding hydrogens is 292 g/mol. The van der Waals surface area contributed by atoms with E-state index in [2.05, 4.69) is 48.0 Å². The molecule has 0 saturated carbocycles. The molecular formula is C17H20N4S. The molecule has 22 heavy (non-hydrogen) atoms. The van der Waals surface area contributed by atoms with Gasteiger partial charge in [0.15, 0.2) is 0 Å². The summed E-state index contributed by atoms with van der Waals surface area (Å²) in [5.41, 5.74) is 1.95. The molecule has 1 aliphatic rings. The summed E-state index contributed by atoms with van der Waals surface area (Å²) < 4.78 is 0. The maximum Gasteiger partial charge on any atom is 0.208 e. The van der Waals surface area contributed by atoms with Crippen LogP contribution in [0.15, 0.2) is 24.3 Å². The van der Waals surface area contributed by atoms with Crippen LogP contribution < -0.4 is 4.90 Å². The Morgan fingerprint density at radius 1 is 1.32 bits per heavy atom. The van der Waals surface area contributed by atoms with E-state index in [0.717, 1.165) is 35.1 Å². The van der Waals surface area contributed by atoms with E-state index in [1.54, 1.807) is 11.3 Å². The quantitative estimate of drug-likeness (QED) is 0.839. The van der Waals surface area contributed by atoms with Gasteiger partial charge >= 0.3 is 0 Å². The third-order valence-electron chi connectivity index (χ3n) is 3.95. The fourth-order valence-corrected chi connectivity index (χ4v) is 3.77. The molecule has 1 aromatic heterocycles. The van der Waals surface area contributed by atoms with E-state index in [9.17, 15) is 0 Å². The summed E-state index contributed by atoms with van der Waals surface area (Å²) >= 11 is 1.68. The standard InChI is InChI=1S/C17H20N4S/c1-17(2,3)15-19-20-16(22-15)21-9-5-8-14(21)13-7-4-6-12(10-13)11-18/h4,6-7,10,14H,5,8-9H2,1-3H3. The summed E-state index contributed by atoms with van der Waals surface area (Å²) in [6.07, 6.45) is 2.24. The monoisotopic (exact) mass is 312 g/mol. The molecule has 1 atom stereocenters. The minimum Gasteiger partial charge on any atom is -0.340 e. The number of anilines is 1. The van der Waals surface area contributed by atoms with Gasteiger partial charge in [0.05, 0.1) is 17.7 Å². The first-order valence-corrected chi connectivity index (χ1v) is 8.41. The van der Waals surface area contributed by atoms with Gasteiger partial charge in [0.2, 0.25) is 5.13 Å². The Morgan fingerprint density at radius 2 is 2.14 bits per heavy atom. The third kappa shape index (κ3) is 2.84. The molecule has 0 radical (unpaired) electrons. The third-order valence-corrected chi connectivity index (χ3v) is 5.34. The van der Waals surface area contributed by atoms with Crippen LogP contribution in [-0.4, -0.2) is 16.7 Å². The van der Waals surface area contributed by atoms with Crippen LogP contribution in [0.3, 0.4) is 0 Å². The smallest absolute Gasteiger partial charge is 0.208 e. The Bertz CT molecular complexity index is 708. The number of hydrogen-bond donors (Lipinski definition) is 0. The SMILES string of the molecule is CC(C)(C)c1nnc(N2CCCC2c2cccc(C#N)c2)s1. The first-order chi connectivity index (χ1) is 10.5. The zero-order valence-corrected chi connectivity index (χ0v) is 14.0. The molecule has 3 rings (SSSR count). The van der Waals surface area contributed by atoms with Crippen molar-refractivity contribution in [3.05, 3.63) is 40.4 Å². The Kier molecular flexibility index (Phi) is 3.88. The molecule has 4 nitrogen and oxygen atoms in total. The van der Waals surface area contributed by atoms with E-state index in [0.29, 0.717) is 6.04 Å². The highest BCUT2D eigenvalue weighted by atomic mass is 32.1. The number of benzene rings is 1. The van der Waals surface area contributed by atoms with Crippen LogP contribution in [-0.2, 0) is 5.41 Å². The molecule has 2 heterocycles. The summed E-state index contributed by atoms with van der Waals surface area (Å²) in [6, 6.07) is 10.4. The van der Waals surface area contributed by atoms with Gasteiger partial charge in [-0.1, -0.05) is 44.2 Å². The van der Waals surface area contributed by atoms with Crippen molar-refractivity contribution < 1.29 is 0 Å². The van der Waals surface area contributed by atoms with Crippen molar-refractivity contribution >= 4 is 16.5 Å². The van der Waals surface area contributed by atoms with Gasteiger partial charge in [-0.05, 0) is 30.5 Å².